The molecule has 2 aromatic rings. The summed E-state index contributed by atoms with van der Waals surface area (Å²) in [5.74, 6) is 0.150. The average molecular weight is 297 g/mol. The molecule has 1 aromatic heterocycles. The van der Waals surface area contributed by atoms with Crippen LogP contribution in [0, 0.1) is 13.8 Å². The first kappa shape index (κ1) is 14.8. The molecule has 0 unspecified atom stereocenters. The predicted octanol–water partition coefficient (Wildman–Crippen LogP) is 2.74. The maximum Gasteiger partial charge on any atom is 0.230 e. The molecular weight excluding hydrogens is 274 g/mol. The largest absolute Gasteiger partial charge is 0.351 e. The Bertz CT molecular complexity index is 651. The Labute approximate surface area is 131 Å². The molecule has 116 valence electrons. The number of carbonyl (C=O) groups is 1. The minimum absolute atomic E-state index is 0.0655. The SMILES string of the molecule is Cc1cc(C)cc(C2(C(=O)N[C@H](C)Cn3cccn3)CC2)c1. The zero-order valence-electron chi connectivity index (χ0n) is 13.5. The van der Waals surface area contributed by atoms with Crippen molar-refractivity contribution < 1.29 is 4.79 Å². The highest BCUT2D eigenvalue weighted by atomic mass is 16.2. The van der Waals surface area contributed by atoms with Crippen LogP contribution in [0.1, 0.15) is 36.5 Å². The van der Waals surface area contributed by atoms with Gasteiger partial charge >= 0.3 is 0 Å². The summed E-state index contributed by atoms with van der Waals surface area (Å²) in [7, 11) is 0. The van der Waals surface area contributed by atoms with E-state index in [0.717, 1.165) is 18.4 Å². The maximum atomic E-state index is 12.7. The second-order valence-electron chi connectivity index (χ2n) is 6.56. The highest BCUT2D eigenvalue weighted by Crippen LogP contribution is 2.48. The van der Waals surface area contributed by atoms with E-state index in [2.05, 4.69) is 42.5 Å². The van der Waals surface area contributed by atoms with Crippen molar-refractivity contribution in [3.8, 4) is 0 Å². The van der Waals surface area contributed by atoms with Gasteiger partial charge in [-0.2, -0.15) is 5.10 Å². The fourth-order valence-electron chi connectivity index (χ4n) is 3.12. The first-order valence-corrected chi connectivity index (χ1v) is 7.87. The molecule has 0 saturated heterocycles. The number of hydrogen-bond donors (Lipinski definition) is 1. The smallest absolute Gasteiger partial charge is 0.230 e. The summed E-state index contributed by atoms with van der Waals surface area (Å²) < 4.78 is 1.85. The van der Waals surface area contributed by atoms with Gasteiger partial charge in [-0.05, 0) is 45.2 Å². The lowest BCUT2D eigenvalue weighted by Crippen LogP contribution is -2.42. The molecule has 4 nitrogen and oxygen atoms in total. The molecule has 1 heterocycles. The second kappa shape index (κ2) is 5.59. The lowest BCUT2D eigenvalue weighted by Gasteiger charge is -2.21. The van der Waals surface area contributed by atoms with Crippen molar-refractivity contribution in [1.82, 2.24) is 15.1 Å². The monoisotopic (exact) mass is 297 g/mol. The van der Waals surface area contributed by atoms with Crippen LogP contribution in [0.15, 0.2) is 36.7 Å². The molecule has 1 aliphatic carbocycles. The number of benzene rings is 1. The van der Waals surface area contributed by atoms with Crippen molar-refractivity contribution in [3.05, 3.63) is 53.3 Å². The Morgan fingerprint density at radius 2 is 2.00 bits per heavy atom. The molecule has 4 heteroatoms. The van der Waals surface area contributed by atoms with Crippen LogP contribution in [-0.2, 0) is 16.8 Å². The van der Waals surface area contributed by atoms with Crippen LogP contribution < -0.4 is 5.32 Å². The molecule has 3 rings (SSSR count). The fourth-order valence-corrected chi connectivity index (χ4v) is 3.12. The number of aromatic nitrogens is 2. The number of hydrogen-bond acceptors (Lipinski definition) is 2. The van der Waals surface area contributed by atoms with Crippen molar-refractivity contribution in [2.45, 2.75) is 51.6 Å². The molecule has 1 atom stereocenters. The summed E-state index contributed by atoms with van der Waals surface area (Å²) in [6, 6.07) is 8.41. The molecule has 0 bridgehead atoms. The van der Waals surface area contributed by atoms with Crippen LogP contribution in [0.3, 0.4) is 0 Å². The van der Waals surface area contributed by atoms with Crippen LogP contribution >= 0.6 is 0 Å². The van der Waals surface area contributed by atoms with Gasteiger partial charge in [-0.15, -0.1) is 0 Å². The highest BCUT2D eigenvalue weighted by molar-refractivity contribution is 5.91. The van der Waals surface area contributed by atoms with E-state index in [0.29, 0.717) is 6.54 Å². The molecule has 0 spiro atoms. The third kappa shape index (κ3) is 2.91. The Balaban J connectivity index is 1.71. The highest BCUT2D eigenvalue weighted by Gasteiger charge is 2.51. The van der Waals surface area contributed by atoms with Gasteiger partial charge < -0.3 is 5.32 Å². The first-order valence-electron chi connectivity index (χ1n) is 7.87. The van der Waals surface area contributed by atoms with E-state index in [9.17, 15) is 4.79 Å². The number of aryl methyl sites for hydroxylation is 2. The molecule has 1 aliphatic rings. The lowest BCUT2D eigenvalue weighted by atomic mass is 9.91. The van der Waals surface area contributed by atoms with E-state index < -0.39 is 0 Å². The van der Waals surface area contributed by atoms with E-state index in [4.69, 9.17) is 0 Å². The van der Waals surface area contributed by atoms with Gasteiger partial charge in [0.25, 0.3) is 0 Å². The zero-order chi connectivity index (χ0) is 15.7. The van der Waals surface area contributed by atoms with Crippen LogP contribution in [0.5, 0.6) is 0 Å². The topological polar surface area (TPSA) is 46.9 Å². The van der Waals surface area contributed by atoms with Crippen molar-refractivity contribution in [1.29, 1.82) is 0 Å². The number of amides is 1. The molecular formula is C18H23N3O. The predicted molar refractivity (Wildman–Crippen MR) is 86.7 cm³/mol. The Kier molecular flexibility index (Phi) is 3.77. The van der Waals surface area contributed by atoms with E-state index in [-0.39, 0.29) is 17.4 Å². The van der Waals surface area contributed by atoms with E-state index >= 15 is 0 Å². The minimum Gasteiger partial charge on any atom is -0.351 e. The van der Waals surface area contributed by atoms with Gasteiger partial charge in [-0.3, -0.25) is 9.48 Å². The third-order valence-electron chi connectivity index (χ3n) is 4.36. The van der Waals surface area contributed by atoms with Crippen LogP contribution in [0.2, 0.25) is 0 Å². The molecule has 22 heavy (non-hydrogen) atoms. The van der Waals surface area contributed by atoms with Gasteiger partial charge in [0.05, 0.1) is 12.0 Å². The average Bonchev–Trinajstić information content (AvgIpc) is 3.11. The molecule has 0 radical (unpaired) electrons. The molecule has 1 fully saturated rings. The van der Waals surface area contributed by atoms with Crippen molar-refractivity contribution in [3.63, 3.8) is 0 Å². The molecule has 1 aromatic carbocycles. The van der Waals surface area contributed by atoms with E-state index in [1.165, 1.54) is 11.1 Å². The van der Waals surface area contributed by atoms with Crippen molar-refractivity contribution in [2.24, 2.45) is 0 Å². The summed E-state index contributed by atoms with van der Waals surface area (Å²) in [5, 5.41) is 7.35. The number of nitrogens with zero attached hydrogens (tertiary/aromatic N) is 2. The van der Waals surface area contributed by atoms with Crippen molar-refractivity contribution >= 4 is 5.91 Å². The van der Waals surface area contributed by atoms with Gasteiger partial charge in [0.1, 0.15) is 0 Å². The van der Waals surface area contributed by atoms with Gasteiger partial charge in [-0.1, -0.05) is 29.3 Å². The summed E-state index contributed by atoms with van der Waals surface area (Å²) >= 11 is 0. The Morgan fingerprint density at radius 3 is 2.55 bits per heavy atom. The Morgan fingerprint density at radius 1 is 1.32 bits per heavy atom. The van der Waals surface area contributed by atoms with Gasteiger partial charge in [0.2, 0.25) is 5.91 Å². The summed E-state index contributed by atoms with van der Waals surface area (Å²) in [6.45, 7) is 6.90. The Hall–Kier alpha value is -2.10. The summed E-state index contributed by atoms with van der Waals surface area (Å²) in [6.07, 6.45) is 5.55. The van der Waals surface area contributed by atoms with Gasteiger partial charge in [0.15, 0.2) is 0 Å². The second-order valence-corrected chi connectivity index (χ2v) is 6.56. The molecule has 1 saturated carbocycles. The van der Waals surface area contributed by atoms with Crippen LogP contribution in [-0.4, -0.2) is 21.7 Å². The minimum atomic E-state index is -0.310. The standard InChI is InChI=1S/C18H23N3O/c1-13-9-14(2)11-16(10-13)18(5-6-18)17(22)20-15(3)12-21-8-4-7-19-21/h4,7-11,15H,5-6,12H2,1-3H3,(H,20,22)/t15-/m1/s1. The lowest BCUT2D eigenvalue weighted by molar-refractivity contribution is -0.124. The first-order chi connectivity index (χ1) is 10.5. The molecule has 0 aliphatic heterocycles. The number of nitrogens with one attached hydrogen (secondary N) is 1. The van der Waals surface area contributed by atoms with E-state index in [1.54, 1.807) is 6.20 Å². The summed E-state index contributed by atoms with van der Waals surface area (Å²) in [4.78, 5) is 12.7. The zero-order valence-corrected chi connectivity index (χ0v) is 13.5. The number of rotatable bonds is 5. The van der Waals surface area contributed by atoms with Gasteiger partial charge in [-0.25, -0.2) is 0 Å². The normalized spacial score (nSPS) is 17.0. The number of carbonyl (C=O) groups excluding carboxylic acids is 1. The molecule has 1 amide bonds. The molecule has 1 N–H and O–H groups in total. The third-order valence-corrected chi connectivity index (χ3v) is 4.36. The van der Waals surface area contributed by atoms with Crippen LogP contribution in [0.25, 0.3) is 0 Å². The quantitative estimate of drug-likeness (QED) is 0.922. The van der Waals surface area contributed by atoms with Crippen LogP contribution in [0.4, 0.5) is 0 Å². The van der Waals surface area contributed by atoms with Crippen molar-refractivity contribution in [2.75, 3.05) is 0 Å². The van der Waals surface area contributed by atoms with E-state index in [1.807, 2.05) is 23.9 Å². The summed E-state index contributed by atoms with van der Waals surface area (Å²) in [5.41, 5.74) is 3.29. The van der Waals surface area contributed by atoms with Gasteiger partial charge in [0, 0.05) is 18.4 Å². The maximum absolute atomic E-state index is 12.7. The fraction of sp³-hybridized carbons (Fsp3) is 0.444.